The highest BCUT2D eigenvalue weighted by Gasteiger charge is 2.06. The lowest BCUT2D eigenvalue weighted by Gasteiger charge is -2.08. The molecule has 3 aromatic rings. The van der Waals surface area contributed by atoms with Crippen LogP contribution in [0.4, 0.5) is 10.1 Å². The highest BCUT2D eigenvalue weighted by molar-refractivity contribution is 5.91. The molecule has 0 bridgehead atoms. The Morgan fingerprint density at radius 1 is 1.00 bits per heavy atom. The SMILES string of the molecule is N#Cc1cnc(CC(=O)Nc2ccc(CCNCc3ccc(F)cc3)cc2)cn1. The van der Waals surface area contributed by atoms with Gasteiger partial charge in [-0.15, -0.1) is 0 Å². The molecule has 1 aromatic heterocycles. The Hall–Kier alpha value is -3.63. The van der Waals surface area contributed by atoms with Crippen LogP contribution in [0.15, 0.2) is 60.9 Å². The minimum absolute atomic E-state index is 0.0910. The zero-order valence-corrected chi connectivity index (χ0v) is 15.7. The molecule has 7 heteroatoms. The molecule has 0 saturated carbocycles. The van der Waals surface area contributed by atoms with Crippen LogP contribution in [-0.2, 0) is 24.2 Å². The number of benzene rings is 2. The maximum atomic E-state index is 12.9. The number of rotatable bonds is 8. The minimum Gasteiger partial charge on any atom is -0.326 e. The largest absolute Gasteiger partial charge is 0.326 e. The molecule has 6 nitrogen and oxygen atoms in total. The van der Waals surface area contributed by atoms with Crippen molar-refractivity contribution >= 4 is 11.6 Å². The molecular weight excluding hydrogens is 369 g/mol. The van der Waals surface area contributed by atoms with Gasteiger partial charge in [-0.05, 0) is 48.4 Å². The van der Waals surface area contributed by atoms with Gasteiger partial charge in [-0.3, -0.25) is 9.78 Å². The van der Waals surface area contributed by atoms with Crippen molar-refractivity contribution in [1.29, 1.82) is 5.26 Å². The van der Waals surface area contributed by atoms with Gasteiger partial charge in [0.25, 0.3) is 0 Å². The van der Waals surface area contributed by atoms with Gasteiger partial charge in [-0.1, -0.05) is 24.3 Å². The first-order valence-corrected chi connectivity index (χ1v) is 9.17. The lowest BCUT2D eigenvalue weighted by atomic mass is 10.1. The Morgan fingerprint density at radius 3 is 2.38 bits per heavy atom. The van der Waals surface area contributed by atoms with E-state index in [0.29, 0.717) is 17.9 Å². The molecule has 1 amide bonds. The predicted octanol–water partition coefficient (Wildman–Crippen LogP) is 3.00. The van der Waals surface area contributed by atoms with Crippen molar-refractivity contribution in [3.05, 3.63) is 89.3 Å². The van der Waals surface area contributed by atoms with Crippen molar-refractivity contribution in [2.24, 2.45) is 0 Å². The molecule has 0 aliphatic heterocycles. The van der Waals surface area contributed by atoms with Gasteiger partial charge in [-0.25, -0.2) is 9.37 Å². The summed E-state index contributed by atoms with van der Waals surface area (Å²) in [7, 11) is 0. The van der Waals surface area contributed by atoms with E-state index in [1.807, 2.05) is 30.3 Å². The van der Waals surface area contributed by atoms with Crippen LogP contribution in [-0.4, -0.2) is 22.4 Å². The summed E-state index contributed by atoms with van der Waals surface area (Å²) in [5, 5.41) is 14.9. The van der Waals surface area contributed by atoms with Crippen LogP contribution < -0.4 is 10.6 Å². The summed E-state index contributed by atoms with van der Waals surface area (Å²) < 4.78 is 12.9. The minimum atomic E-state index is -0.231. The molecule has 0 saturated heterocycles. The fourth-order valence-electron chi connectivity index (χ4n) is 2.70. The number of carbonyl (C=O) groups excluding carboxylic acids is 1. The first kappa shape index (κ1) is 20.1. The number of aromatic nitrogens is 2. The van der Waals surface area contributed by atoms with E-state index < -0.39 is 0 Å². The van der Waals surface area contributed by atoms with Gasteiger partial charge in [-0.2, -0.15) is 5.26 Å². The normalized spacial score (nSPS) is 10.3. The quantitative estimate of drug-likeness (QED) is 0.578. The van der Waals surface area contributed by atoms with Crippen LogP contribution in [0.3, 0.4) is 0 Å². The van der Waals surface area contributed by atoms with Gasteiger partial charge < -0.3 is 10.6 Å². The summed E-state index contributed by atoms with van der Waals surface area (Å²) in [5.74, 6) is -0.427. The topological polar surface area (TPSA) is 90.7 Å². The number of nitriles is 1. The Bertz CT molecular complexity index is 980. The van der Waals surface area contributed by atoms with E-state index in [-0.39, 0.29) is 23.8 Å². The highest BCUT2D eigenvalue weighted by atomic mass is 19.1. The average Bonchev–Trinajstić information content (AvgIpc) is 2.74. The van der Waals surface area contributed by atoms with Crippen LogP contribution in [0.2, 0.25) is 0 Å². The second-order valence-corrected chi connectivity index (χ2v) is 6.48. The Labute approximate surface area is 168 Å². The van der Waals surface area contributed by atoms with E-state index in [2.05, 4.69) is 20.6 Å². The second-order valence-electron chi connectivity index (χ2n) is 6.48. The maximum absolute atomic E-state index is 12.9. The number of nitrogens with one attached hydrogen (secondary N) is 2. The van der Waals surface area contributed by atoms with Crippen molar-refractivity contribution in [1.82, 2.24) is 15.3 Å². The fraction of sp³-hybridized carbons (Fsp3) is 0.182. The monoisotopic (exact) mass is 389 g/mol. The van der Waals surface area contributed by atoms with Crippen LogP contribution in [0.5, 0.6) is 0 Å². The van der Waals surface area contributed by atoms with Crippen LogP contribution in [0.25, 0.3) is 0 Å². The Morgan fingerprint density at radius 2 is 1.72 bits per heavy atom. The van der Waals surface area contributed by atoms with Crippen molar-refractivity contribution < 1.29 is 9.18 Å². The molecule has 0 aliphatic rings. The first-order chi connectivity index (χ1) is 14.1. The zero-order valence-electron chi connectivity index (χ0n) is 15.7. The van der Waals surface area contributed by atoms with E-state index >= 15 is 0 Å². The molecule has 2 aromatic carbocycles. The standard InChI is InChI=1S/C22H20FN5O/c23-18-5-1-17(2-6-18)13-25-10-9-16-3-7-19(8-4-16)28-22(29)11-20-14-27-21(12-24)15-26-20/h1-8,14-15,25H,9-11,13H2,(H,28,29). The van der Waals surface area contributed by atoms with Crippen molar-refractivity contribution in [2.75, 3.05) is 11.9 Å². The number of hydrogen-bond donors (Lipinski definition) is 2. The van der Waals surface area contributed by atoms with Gasteiger partial charge in [0.2, 0.25) is 5.91 Å². The number of halogens is 1. The fourth-order valence-corrected chi connectivity index (χ4v) is 2.70. The van der Waals surface area contributed by atoms with E-state index in [1.165, 1.54) is 24.5 Å². The molecule has 0 spiro atoms. The van der Waals surface area contributed by atoms with Gasteiger partial charge in [0.1, 0.15) is 11.9 Å². The lowest BCUT2D eigenvalue weighted by Crippen LogP contribution is -2.17. The molecule has 0 atom stereocenters. The molecule has 0 aliphatic carbocycles. The summed E-state index contributed by atoms with van der Waals surface area (Å²) >= 11 is 0. The highest BCUT2D eigenvalue weighted by Crippen LogP contribution is 2.11. The molecular formula is C22H20FN5O. The lowest BCUT2D eigenvalue weighted by molar-refractivity contribution is -0.115. The number of carbonyl (C=O) groups is 1. The summed E-state index contributed by atoms with van der Waals surface area (Å²) in [6, 6.07) is 16.0. The molecule has 29 heavy (non-hydrogen) atoms. The van der Waals surface area contributed by atoms with Gasteiger partial charge in [0.05, 0.1) is 24.5 Å². The molecule has 1 heterocycles. The summed E-state index contributed by atoms with van der Waals surface area (Å²) in [6.07, 6.45) is 3.71. The van der Waals surface area contributed by atoms with Crippen LogP contribution >= 0.6 is 0 Å². The summed E-state index contributed by atoms with van der Waals surface area (Å²) in [5.41, 5.74) is 3.62. The molecule has 0 unspecified atom stereocenters. The third-order valence-corrected chi connectivity index (χ3v) is 4.23. The third-order valence-electron chi connectivity index (χ3n) is 4.23. The molecule has 2 N–H and O–H groups in total. The van der Waals surface area contributed by atoms with Gasteiger partial charge in [0, 0.05) is 12.2 Å². The molecule has 0 radical (unpaired) electrons. The molecule has 0 fully saturated rings. The van der Waals surface area contributed by atoms with E-state index in [1.54, 1.807) is 12.1 Å². The van der Waals surface area contributed by atoms with Crippen molar-refractivity contribution in [2.45, 2.75) is 19.4 Å². The number of nitrogens with zero attached hydrogens (tertiary/aromatic N) is 3. The van der Waals surface area contributed by atoms with Crippen molar-refractivity contribution in [3.8, 4) is 6.07 Å². The summed E-state index contributed by atoms with van der Waals surface area (Å²) in [6.45, 7) is 1.48. The number of anilines is 1. The third kappa shape index (κ3) is 6.48. The maximum Gasteiger partial charge on any atom is 0.230 e. The van der Waals surface area contributed by atoms with E-state index in [4.69, 9.17) is 5.26 Å². The van der Waals surface area contributed by atoms with Crippen LogP contribution in [0.1, 0.15) is 22.5 Å². The average molecular weight is 389 g/mol. The second kappa shape index (κ2) is 10.1. The van der Waals surface area contributed by atoms with Crippen LogP contribution in [0, 0.1) is 17.1 Å². The van der Waals surface area contributed by atoms with E-state index in [9.17, 15) is 9.18 Å². The van der Waals surface area contributed by atoms with E-state index in [0.717, 1.165) is 24.1 Å². The zero-order chi connectivity index (χ0) is 20.5. The Kier molecular flexibility index (Phi) is 6.98. The Balaban J connectivity index is 1.41. The molecule has 146 valence electrons. The van der Waals surface area contributed by atoms with Crippen molar-refractivity contribution in [3.63, 3.8) is 0 Å². The predicted molar refractivity (Wildman–Crippen MR) is 107 cm³/mol. The number of amides is 1. The smallest absolute Gasteiger partial charge is 0.230 e. The summed E-state index contributed by atoms with van der Waals surface area (Å²) in [4.78, 5) is 20.1. The molecule has 3 rings (SSSR count). The van der Waals surface area contributed by atoms with Gasteiger partial charge in [0.15, 0.2) is 5.69 Å². The van der Waals surface area contributed by atoms with Gasteiger partial charge >= 0.3 is 0 Å². The number of hydrogen-bond acceptors (Lipinski definition) is 5. The first-order valence-electron chi connectivity index (χ1n) is 9.17.